The van der Waals surface area contributed by atoms with Crippen LogP contribution in [0.15, 0.2) is 30.3 Å². The molecular weight excluding hydrogens is 220 g/mol. The van der Waals surface area contributed by atoms with Crippen molar-refractivity contribution in [2.45, 2.75) is 51.9 Å². The van der Waals surface area contributed by atoms with E-state index in [4.69, 9.17) is 0 Å². The van der Waals surface area contributed by atoms with Crippen LogP contribution in [-0.4, -0.2) is 5.78 Å². The first kappa shape index (κ1) is 13.3. The van der Waals surface area contributed by atoms with E-state index in [1.165, 1.54) is 12.0 Å². The molecule has 0 amide bonds. The first-order valence-corrected chi connectivity index (χ1v) is 7.28. The highest BCUT2D eigenvalue weighted by molar-refractivity contribution is 5.82. The molecule has 0 heterocycles. The maximum Gasteiger partial charge on any atom is 0.136 e. The lowest BCUT2D eigenvalue weighted by Gasteiger charge is -2.29. The molecule has 1 heteroatoms. The molecule has 3 unspecified atom stereocenters. The van der Waals surface area contributed by atoms with Gasteiger partial charge in [-0.05, 0) is 36.7 Å². The van der Waals surface area contributed by atoms with Crippen LogP contribution in [0, 0.1) is 11.8 Å². The van der Waals surface area contributed by atoms with Gasteiger partial charge < -0.3 is 0 Å². The van der Waals surface area contributed by atoms with Crippen molar-refractivity contribution in [1.29, 1.82) is 0 Å². The van der Waals surface area contributed by atoms with E-state index in [9.17, 15) is 4.79 Å². The van der Waals surface area contributed by atoms with Crippen molar-refractivity contribution < 1.29 is 4.79 Å². The average molecular weight is 244 g/mol. The molecule has 1 fully saturated rings. The number of hydrogen-bond acceptors (Lipinski definition) is 1. The summed E-state index contributed by atoms with van der Waals surface area (Å²) < 4.78 is 0. The molecule has 1 aliphatic rings. The molecule has 0 bridgehead atoms. The van der Waals surface area contributed by atoms with E-state index < -0.39 is 0 Å². The number of carbonyl (C=O) groups is 1. The summed E-state index contributed by atoms with van der Waals surface area (Å²) in [7, 11) is 0. The summed E-state index contributed by atoms with van der Waals surface area (Å²) in [5.41, 5.74) is 1.42. The lowest BCUT2D eigenvalue weighted by atomic mass is 9.74. The molecule has 1 nitrogen and oxygen atoms in total. The van der Waals surface area contributed by atoms with Crippen LogP contribution in [0.3, 0.4) is 0 Å². The molecular formula is C17H24O. The smallest absolute Gasteiger partial charge is 0.136 e. The van der Waals surface area contributed by atoms with E-state index in [-0.39, 0.29) is 0 Å². The van der Waals surface area contributed by atoms with E-state index in [2.05, 4.69) is 44.2 Å². The van der Waals surface area contributed by atoms with Crippen LogP contribution in [-0.2, 0) is 4.79 Å². The molecule has 0 aromatic heterocycles. The van der Waals surface area contributed by atoms with Gasteiger partial charge in [0.25, 0.3) is 0 Å². The molecule has 1 aromatic carbocycles. The monoisotopic (exact) mass is 244 g/mol. The number of ketones is 1. The van der Waals surface area contributed by atoms with Crippen LogP contribution < -0.4 is 0 Å². The summed E-state index contributed by atoms with van der Waals surface area (Å²) in [4.78, 5) is 12.0. The van der Waals surface area contributed by atoms with Crippen molar-refractivity contribution in [3.8, 4) is 0 Å². The minimum absolute atomic E-state index is 0.305. The Morgan fingerprint density at radius 2 is 2.00 bits per heavy atom. The van der Waals surface area contributed by atoms with Gasteiger partial charge in [0.05, 0.1) is 0 Å². The predicted molar refractivity (Wildman–Crippen MR) is 75.6 cm³/mol. The lowest BCUT2D eigenvalue weighted by Crippen LogP contribution is -2.25. The van der Waals surface area contributed by atoms with Gasteiger partial charge in [0, 0.05) is 12.3 Å². The van der Waals surface area contributed by atoms with Crippen molar-refractivity contribution in [2.75, 3.05) is 0 Å². The second-order valence-electron chi connectivity index (χ2n) is 5.79. The van der Waals surface area contributed by atoms with Gasteiger partial charge >= 0.3 is 0 Å². The van der Waals surface area contributed by atoms with Crippen LogP contribution in [0.25, 0.3) is 0 Å². The molecule has 0 spiro atoms. The Morgan fingerprint density at radius 3 is 2.67 bits per heavy atom. The van der Waals surface area contributed by atoms with Gasteiger partial charge in [0.1, 0.15) is 5.78 Å². The van der Waals surface area contributed by atoms with Crippen molar-refractivity contribution in [2.24, 2.45) is 11.8 Å². The standard InChI is InChI=1S/C17H24O/c1-3-13(2)11-16-12-15(9-10-17(16)18)14-7-5-4-6-8-14/h4-8,13,15-16H,3,9-12H2,1-2H3. The normalized spacial score (nSPS) is 26.0. The Kier molecular flexibility index (Phi) is 4.57. The number of hydrogen-bond donors (Lipinski definition) is 0. The molecule has 0 radical (unpaired) electrons. The van der Waals surface area contributed by atoms with Gasteiger partial charge in [0.2, 0.25) is 0 Å². The van der Waals surface area contributed by atoms with Crippen LogP contribution in [0.5, 0.6) is 0 Å². The topological polar surface area (TPSA) is 17.1 Å². The zero-order chi connectivity index (χ0) is 13.0. The Labute approximate surface area is 111 Å². The fourth-order valence-corrected chi connectivity index (χ4v) is 3.02. The van der Waals surface area contributed by atoms with Crippen molar-refractivity contribution in [3.05, 3.63) is 35.9 Å². The van der Waals surface area contributed by atoms with E-state index in [1.807, 2.05) is 0 Å². The summed E-state index contributed by atoms with van der Waals surface area (Å²) >= 11 is 0. The summed E-state index contributed by atoms with van der Waals surface area (Å²) in [6, 6.07) is 10.7. The number of carbonyl (C=O) groups excluding carboxylic acids is 1. The molecule has 1 aromatic rings. The Morgan fingerprint density at radius 1 is 1.28 bits per heavy atom. The minimum atomic E-state index is 0.305. The minimum Gasteiger partial charge on any atom is -0.299 e. The van der Waals surface area contributed by atoms with E-state index >= 15 is 0 Å². The van der Waals surface area contributed by atoms with E-state index in [0.29, 0.717) is 23.5 Å². The summed E-state index contributed by atoms with van der Waals surface area (Å²) in [6.45, 7) is 4.48. The SMILES string of the molecule is CCC(C)CC1CC(c2ccccc2)CCC1=O. The van der Waals surface area contributed by atoms with Gasteiger partial charge in [-0.2, -0.15) is 0 Å². The number of rotatable bonds is 4. The first-order valence-electron chi connectivity index (χ1n) is 7.28. The van der Waals surface area contributed by atoms with E-state index in [0.717, 1.165) is 25.7 Å². The Bertz CT molecular complexity index is 382. The van der Waals surface area contributed by atoms with Gasteiger partial charge in [-0.1, -0.05) is 50.6 Å². The zero-order valence-corrected chi connectivity index (χ0v) is 11.6. The molecule has 98 valence electrons. The van der Waals surface area contributed by atoms with Crippen molar-refractivity contribution in [3.63, 3.8) is 0 Å². The van der Waals surface area contributed by atoms with Crippen LogP contribution in [0.2, 0.25) is 0 Å². The second kappa shape index (κ2) is 6.17. The van der Waals surface area contributed by atoms with E-state index in [1.54, 1.807) is 0 Å². The fraction of sp³-hybridized carbons (Fsp3) is 0.588. The highest BCUT2D eigenvalue weighted by atomic mass is 16.1. The maximum atomic E-state index is 12.0. The van der Waals surface area contributed by atoms with Gasteiger partial charge in [-0.15, -0.1) is 0 Å². The van der Waals surface area contributed by atoms with Crippen molar-refractivity contribution in [1.82, 2.24) is 0 Å². The zero-order valence-electron chi connectivity index (χ0n) is 11.6. The number of Topliss-reactive ketones (excluding diaryl/α,β-unsaturated/α-hetero) is 1. The van der Waals surface area contributed by atoms with Crippen molar-refractivity contribution >= 4 is 5.78 Å². The Balaban J connectivity index is 2.02. The van der Waals surface area contributed by atoms with Gasteiger partial charge in [-0.3, -0.25) is 4.79 Å². The highest BCUT2D eigenvalue weighted by Crippen LogP contribution is 2.37. The number of benzene rings is 1. The molecule has 18 heavy (non-hydrogen) atoms. The summed E-state index contributed by atoms with van der Waals surface area (Å²) in [5, 5.41) is 0. The third-order valence-corrected chi connectivity index (χ3v) is 4.42. The predicted octanol–water partition coefficient (Wildman–Crippen LogP) is 4.58. The quantitative estimate of drug-likeness (QED) is 0.758. The molecule has 1 aliphatic carbocycles. The van der Waals surface area contributed by atoms with Gasteiger partial charge in [-0.25, -0.2) is 0 Å². The molecule has 0 saturated heterocycles. The highest BCUT2D eigenvalue weighted by Gasteiger charge is 2.29. The Hall–Kier alpha value is -1.11. The fourth-order valence-electron chi connectivity index (χ4n) is 3.02. The largest absolute Gasteiger partial charge is 0.299 e. The first-order chi connectivity index (χ1) is 8.70. The average Bonchev–Trinajstić information content (AvgIpc) is 2.42. The molecule has 0 aliphatic heterocycles. The van der Waals surface area contributed by atoms with Crippen LogP contribution >= 0.6 is 0 Å². The third kappa shape index (κ3) is 3.22. The maximum absolute atomic E-state index is 12.0. The van der Waals surface area contributed by atoms with Gasteiger partial charge in [0.15, 0.2) is 0 Å². The lowest BCUT2D eigenvalue weighted by molar-refractivity contribution is -0.125. The van der Waals surface area contributed by atoms with Crippen LogP contribution in [0.4, 0.5) is 0 Å². The third-order valence-electron chi connectivity index (χ3n) is 4.42. The molecule has 1 saturated carbocycles. The second-order valence-corrected chi connectivity index (χ2v) is 5.79. The molecule has 3 atom stereocenters. The molecule has 2 rings (SSSR count). The summed E-state index contributed by atoms with van der Waals surface area (Å²) in [5.74, 6) is 2.08. The molecule has 0 N–H and O–H groups in total. The van der Waals surface area contributed by atoms with Crippen LogP contribution in [0.1, 0.15) is 57.4 Å². The summed E-state index contributed by atoms with van der Waals surface area (Å²) in [6.07, 6.45) is 5.14.